The monoisotopic (exact) mass is 245 g/mol. The first kappa shape index (κ1) is 11.4. The van der Waals surface area contributed by atoms with E-state index in [1.54, 1.807) is 12.4 Å². The Morgan fingerprint density at radius 1 is 1.50 bits per heavy atom. The number of pyridine rings is 1. The number of ether oxygens (including phenoxy) is 1. The molecule has 0 spiro atoms. The highest BCUT2D eigenvalue weighted by Gasteiger charge is 2.43. The van der Waals surface area contributed by atoms with Crippen molar-refractivity contribution in [1.82, 2.24) is 15.0 Å². The minimum Gasteiger partial charge on any atom is -0.395 e. The summed E-state index contributed by atoms with van der Waals surface area (Å²) in [6.07, 6.45) is 3.53. The molecule has 5 heteroatoms. The van der Waals surface area contributed by atoms with Crippen molar-refractivity contribution in [3.8, 4) is 11.3 Å². The minimum atomic E-state index is -0.356. The molecule has 3 rings (SSSR count). The lowest BCUT2D eigenvalue weighted by Gasteiger charge is -2.37. The van der Waals surface area contributed by atoms with Gasteiger partial charge in [0, 0.05) is 23.7 Å². The maximum Gasteiger partial charge on any atom is 0.120 e. The zero-order valence-corrected chi connectivity index (χ0v) is 10.2. The molecule has 1 saturated heterocycles. The van der Waals surface area contributed by atoms with Crippen molar-refractivity contribution in [3.63, 3.8) is 0 Å². The van der Waals surface area contributed by atoms with Crippen LogP contribution in [0.15, 0.2) is 24.5 Å². The number of H-pyrrole nitrogens is 1. The molecule has 0 amide bonds. The molecule has 1 aliphatic heterocycles. The van der Waals surface area contributed by atoms with Crippen LogP contribution in [0, 0.1) is 6.92 Å². The highest BCUT2D eigenvalue weighted by molar-refractivity contribution is 5.60. The molecule has 2 aromatic heterocycles. The van der Waals surface area contributed by atoms with Gasteiger partial charge in [-0.15, -0.1) is 0 Å². The lowest BCUT2D eigenvalue weighted by Crippen LogP contribution is -2.50. The number of nitrogens with one attached hydrogen (secondary N) is 1. The first-order valence-electron chi connectivity index (χ1n) is 5.91. The van der Waals surface area contributed by atoms with E-state index in [1.165, 1.54) is 0 Å². The standard InChI is InChI=1S/C13H15N3O2/c1-9-11(10-3-2-4-14-5-10)16-12(15-9)13(6-17)7-18-8-13/h2-5,17H,6-8H2,1H3,(H,15,16). The van der Waals surface area contributed by atoms with Crippen LogP contribution in [0.3, 0.4) is 0 Å². The number of hydrogen-bond acceptors (Lipinski definition) is 4. The molecule has 2 aromatic rings. The van der Waals surface area contributed by atoms with Crippen LogP contribution in [-0.4, -0.2) is 39.9 Å². The highest BCUT2D eigenvalue weighted by Crippen LogP contribution is 2.32. The quantitative estimate of drug-likeness (QED) is 0.847. The highest BCUT2D eigenvalue weighted by atomic mass is 16.5. The van der Waals surface area contributed by atoms with E-state index in [4.69, 9.17) is 4.74 Å². The topological polar surface area (TPSA) is 71.0 Å². The molecule has 0 saturated carbocycles. The smallest absolute Gasteiger partial charge is 0.120 e. The van der Waals surface area contributed by atoms with E-state index < -0.39 is 0 Å². The summed E-state index contributed by atoms with van der Waals surface area (Å²) in [5, 5.41) is 9.51. The van der Waals surface area contributed by atoms with Crippen molar-refractivity contribution in [3.05, 3.63) is 36.0 Å². The van der Waals surface area contributed by atoms with Crippen LogP contribution in [-0.2, 0) is 10.2 Å². The van der Waals surface area contributed by atoms with Crippen LogP contribution in [0.4, 0.5) is 0 Å². The lowest BCUT2D eigenvalue weighted by molar-refractivity contribution is -0.0880. The van der Waals surface area contributed by atoms with Gasteiger partial charge in [0.25, 0.3) is 0 Å². The number of rotatable bonds is 3. The Morgan fingerprint density at radius 2 is 2.33 bits per heavy atom. The molecular formula is C13H15N3O2. The first-order chi connectivity index (χ1) is 8.75. The average molecular weight is 245 g/mol. The summed E-state index contributed by atoms with van der Waals surface area (Å²) >= 11 is 0. The van der Waals surface area contributed by atoms with Crippen molar-refractivity contribution in [1.29, 1.82) is 0 Å². The van der Waals surface area contributed by atoms with E-state index >= 15 is 0 Å². The van der Waals surface area contributed by atoms with Gasteiger partial charge in [0.05, 0.1) is 30.9 Å². The summed E-state index contributed by atoms with van der Waals surface area (Å²) in [5.41, 5.74) is 2.49. The van der Waals surface area contributed by atoms with Gasteiger partial charge in [-0.25, -0.2) is 4.98 Å². The van der Waals surface area contributed by atoms with Gasteiger partial charge in [0.2, 0.25) is 0 Å². The fraction of sp³-hybridized carbons (Fsp3) is 0.385. The van der Waals surface area contributed by atoms with E-state index in [0.717, 1.165) is 22.8 Å². The second-order valence-corrected chi connectivity index (χ2v) is 4.73. The van der Waals surface area contributed by atoms with Gasteiger partial charge in [-0.2, -0.15) is 0 Å². The van der Waals surface area contributed by atoms with Gasteiger partial charge in [-0.1, -0.05) is 0 Å². The minimum absolute atomic E-state index is 0.0480. The number of aromatic nitrogens is 3. The van der Waals surface area contributed by atoms with E-state index in [-0.39, 0.29) is 12.0 Å². The molecule has 18 heavy (non-hydrogen) atoms. The number of nitrogens with zero attached hydrogens (tertiary/aromatic N) is 2. The SMILES string of the molecule is Cc1[nH]c(C2(CO)COC2)nc1-c1cccnc1. The Bertz CT molecular complexity index is 541. The number of aliphatic hydroxyl groups is 1. The summed E-state index contributed by atoms with van der Waals surface area (Å²) in [6.45, 7) is 3.06. The van der Waals surface area contributed by atoms with Crippen LogP contribution in [0.1, 0.15) is 11.5 Å². The van der Waals surface area contributed by atoms with Crippen molar-refractivity contribution in [2.45, 2.75) is 12.3 Å². The maximum absolute atomic E-state index is 9.51. The molecule has 0 radical (unpaired) electrons. The predicted octanol–water partition coefficient (Wildman–Crippen LogP) is 1.04. The third kappa shape index (κ3) is 1.63. The van der Waals surface area contributed by atoms with E-state index in [9.17, 15) is 5.11 Å². The second kappa shape index (κ2) is 4.19. The zero-order valence-electron chi connectivity index (χ0n) is 10.2. The van der Waals surface area contributed by atoms with Crippen LogP contribution in [0.5, 0.6) is 0 Å². The molecule has 1 aliphatic rings. The van der Waals surface area contributed by atoms with E-state index in [0.29, 0.717) is 13.2 Å². The van der Waals surface area contributed by atoms with Gasteiger partial charge in [0.15, 0.2) is 0 Å². The Hall–Kier alpha value is -1.72. The van der Waals surface area contributed by atoms with Gasteiger partial charge in [-0.3, -0.25) is 4.98 Å². The number of aliphatic hydroxyl groups excluding tert-OH is 1. The predicted molar refractivity (Wildman–Crippen MR) is 66.1 cm³/mol. The molecule has 0 aliphatic carbocycles. The molecule has 2 N–H and O–H groups in total. The van der Waals surface area contributed by atoms with Gasteiger partial charge < -0.3 is 14.8 Å². The van der Waals surface area contributed by atoms with Gasteiger partial charge in [-0.05, 0) is 19.1 Å². The third-order valence-electron chi connectivity index (χ3n) is 3.38. The molecule has 3 heterocycles. The molecule has 1 fully saturated rings. The number of aryl methyl sites for hydroxylation is 1. The fourth-order valence-electron chi connectivity index (χ4n) is 2.15. The Kier molecular flexibility index (Phi) is 2.65. The second-order valence-electron chi connectivity index (χ2n) is 4.73. The summed E-state index contributed by atoms with van der Waals surface area (Å²) in [6, 6.07) is 3.86. The summed E-state index contributed by atoms with van der Waals surface area (Å²) in [4.78, 5) is 12.0. The Balaban J connectivity index is 2.01. The van der Waals surface area contributed by atoms with E-state index in [2.05, 4.69) is 15.0 Å². The largest absolute Gasteiger partial charge is 0.395 e. The summed E-state index contributed by atoms with van der Waals surface area (Å²) < 4.78 is 5.21. The number of aromatic amines is 1. The van der Waals surface area contributed by atoms with Crippen molar-refractivity contribution >= 4 is 0 Å². The number of imidazole rings is 1. The molecule has 5 nitrogen and oxygen atoms in total. The fourth-order valence-corrected chi connectivity index (χ4v) is 2.15. The van der Waals surface area contributed by atoms with E-state index in [1.807, 2.05) is 19.1 Å². The van der Waals surface area contributed by atoms with Crippen LogP contribution in [0.2, 0.25) is 0 Å². The summed E-state index contributed by atoms with van der Waals surface area (Å²) in [5.74, 6) is 0.799. The van der Waals surface area contributed by atoms with Crippen LogP contribution >= 0.6 is 0 Å². The molecular weight excluding hydrogens is 230 g/mol. The van der Waals surface area contributed by atoms with Crippen LogP contribution < -0.4 is 0 Å². The van der Waals surface area contributed by atoms with Gasteiger partial charge >= 0.3 is 0 Å². The Morgan fingerprint density at radius 3 is 2.89 bits per heavy atom. The summed E-state index contributed by atoms with van der Waals surface area (Å²) in [7, 11) is 0. The average Bonchev–Trinajstić information content (AvgIpc) is 2.72. The zero-order chi connectivity index (χ0) is 12.6. The molecule has 0 aromatic carbocycles. The maximum atomic E-state index is 9.51. The first-order valence-corrected chi connectivity index (χ1v) is 5.91. The number of hydrogen-bond donors (Lipinski definition) is 2. The van der Waals surface area contributed by atoms with Crippen molar-refractivity contribution in [2.75, 3.05) is 19.8 Å². The molecule has 0 bridgehead atoms. The molecule has 94 valence electrons. The van der Waals surface area contributed by atoms with Crippen molar-refractivity contribution < 1.29 is 9.84 Å². The van der Waals surface area contributed by atoms with Crippen LogP contribution in [0.25, 0.3) is 11.3 Å². The molecule has 0 atom stereocenters. The normalized spacial score (nSPS) is 17.4. The third-order valence-corrected chi connectivity index (χ3v) is 3.38. The molecule has 0 unspecified atom stereocenters. The lowest BCUT2D eigenvalue weighted by atomic mass is 9.86. The van der Waals surface area contributed by atoms with Gasteiger partial charge in [0.1, 0.15) is 5.82 Å². The Labute approximate surface area is 105 Å². The van der Waals surface area contributed by atoms with Crippen molar-refractivity contribution in [2.24, 2.45) is 0 Å².